The van der Waals surface area contributed by atoms with E-state index in [2.05, 4.69) is 51.9 Å². The van der Waals surface area contributed by atoms with Crippen molar-refractivity contribution < 1.29 is 0 Å². The topological polar surface area (TPSA) is 50.7 Å². The molecule has 2 heterocycles. The molecule has 2 aromatic heterocycles. The molecule has 4 heteroatoms. The largest absolute Gasteiger partial charge is 0.343 e. The lowest BCUT2D eigenvalue weighted by Crippen LogP contribution is -2.13. The highest BCUT2D eigenvalue weighted by Crippen LogP contribution is 2.21. The van der Waals surface area contributed by atoms with Crippen LogP contribution in [0.25, 0.3) is 21.8 Å². The third-order valence-corrected chi connectivity index (χ3v) is 4.21. The second-order valence-corrected chi connectivity index (χ2v) is 5.97. The summed E-state index contributed by atoms with van der Waals surface area (Å²) in [6.45, 7) is 4.54. The van der Waals surface area contributed by atoms with Crippen LogP contribution in [0, 0.1) is 13.8 Å². The van der Waals surface area contributed by atoms with Crippen LogP contribution in [0.1, 0.15) is 17.0 Å². The molecule has 0 aliphatic carbocycles. The van der Waals surface area contributed by atoms with Gasteiger partial charge in [0.25, 0.3) is 5.56 Å². The van der Waals surface area contributed by atoms with E-state index in [-0.39, 0.29) is 5.56 Å². The van der Waals surface area contributed by atoms with Gasteiger partial charge >= 0.3 is 0 Å². The summed E-state index contributed by atoms with van der Waals surface area (Å²) >= 11 is 0. The number of benzene rings is 2. The molecule has 4 nitrogen and oxygen atoms in total. The Hall–Kier alpha value is -2.88. The summed E-state index contributed by atoms with van der Waals surface area (Å²) in [5.74, 6) is 0.640. The van der Waals surface area contributed by atoms with Gasteiger partial charge in [-0.25, -0.2) is 4.98 Å². The van der Waals surface area contributed by atoms with Crippen LogP contribution in [0.5, 0.6) is 0 Å². The van der Waals surface area contributed by atoms with Crippen molar-refractivity contribution in [1.82, 2.24) is 14.5 Å². The predicted molar refractivity (Wildman–Crippen MR) is 92.9 cm³/mol. The minimum atomic E-state index is -0.0737. The van der Waals surface area contributed by atoms with E-state index in [1.165, 1.54) is 16.5 Å². The highest BCUT2D eigenvalue weighted by molar-refractivity contribution is 5.83. The summed E-state index contributed by atoms with van der Waals surface area (Å²) in [4.78, 5) is 19.6. The summed E-state index contributed by atoms with van der Waals surface area (Å²) in [5, 5.41) is 1.89. The lowest BCUT2D eigenvalue weighted by atomic mass is 10.1. The molecule has 23 heavy (non-hydrogen) atoms. The molecule has 0 saturated carbocycles. The Balaban J connectivity index is 1.88. The normalized spacial score (nSPS) is 11.4. The van der Waals surface area contributed by atoms with Crippen LogP contribution in [0.2, 0.25) is 0 Å². The summed E-state index contributed by atoms with van der Waals surface area (Å²) < 4.78 is 2.17. The Morgan fingerprint density at radius 3 is 2.87 bits per heavy atom. The van der Waals surface area contributed by atoms with E-state index < -0.39 is 0 Å². The van der Waals surface area contributed by atoms with Crippen molar-refractivity contribution in [2.75, 3.05) is 0 Å². The second-order valence-electron chi connectivity index (χ2n) is 5.97. The number of fused-ring (bicyclic) bond motifs is 2. The molecule has 0 radical (unpaired) electrons. The van der Waals surface area contributed by atoms with Crippen LogP contribution in [0.4, 0.5) is 0 Å². The smallest absolute Gasteiger partial charge is 0.259 e. The molecular weight excluding hydrogens is 286 g/mol. The van der Waals surface area contributed by atoms with E-state index in [9.17, 15) is 4.79 Å². The van der Waals surface area contributed by atoms with Crippen LogP contribution in [0.3, 0.4) is 0 Å². The number of rotatable bonds is 2. The number of hydrogen-bond acceptors (Lipinski definition) is 2. The zero-order chi connectivity index (χ0) is 16.0. The highest BCUT2D eigenvalue weighted by Gasteiger charge is 2.09. The van der Waals surface area contributed by atoms with Gasteiger partial charge in [0.15, 0.2) is 0 Å². The molecule has 0 bridgehead atoms. The van der Waals surface area contributed by atoms with Crippen LogP contribution in [-0.4, -0.2) is 14.5 Å². The van der Waals surface area contributed by atoms with Gasteiger partial charge in [0.1, 0.15) is 5.82 Å². The highest BCUT2D eigenvalue weighted by atomic mass is 16.1. The van der Waals surface area contributed by atoms with E-state index >= 15 is 0 Å². The number of nitrogens with one attached hydrogen (secondary N) is 1. The van der Waals surface area contributed by atoms with Gasteiger partial charge in [0.05, 0.1) is 10.9 Å². The lowest BCUT2D eigenvalue weighted by molar-refractivity contribution is 0.841. The SMILES string of the molecule is Cc1ccc2c(ccn2Cc2cccc3nc(C)[nH]c(=O)c23)c1. The van der Waals surface area contributed by atoms with Crippen LogP contribution < -0.4 is 5.56 Å². The quantitative estimate of drug-likeness (QED) is 0.616. The summed E-state index contributed by atoms with van der Waals surface area (Å²) in [6.07, 6.45) is 2.07. The first-order chi connectivity index (χ1) is 11.1. The maximum absolute atomic E-state index is 12.4. The molecule has 0 spiro atoms. The van der Waals surface area contributed by atoms with E-state index in [4.69, 9.17) is 0 Å². The van der Waals surface area contributed by atoms with Crippen molar-refractivity contribution in [2.24, 2.45) is 0 Å². The summed E-state index contributed by atoms with van der Waals surface area (Å²) in [7, 11) is 0. The summed E-state index contributed by atoms with van der Waals surface area (Å²) in [6, 6.07) is 14.4. The molecule has 114 valence electrons. The molecule has 0 fully saturated rings. The molecule has 0 amide bonds. The van der Waals surface area contributed by atoms with Crippen molar-refractivity contribution in [2.45, 2.75) is 20.4 Å². The Morgan fingerprint density at radius 2 is 2.00 bits per heavy atom. The van der Waals surface area contributed by atoms with Crippen molar-refractivity contribution >= 4 is 21.8 Å². The molecular formula is C19H17N3O. The fourth-order valence-corrected chi connectivity index (χ4v) is 3.15. The predicted octanol–water partition coefficient (Wildman–Crippen LogP) is 3.54. The van der Waals surface area contributed by atoms with Crippen molar-refractivity contribution in [1.29, 1.82) is 0 Å². The maximum Gasteiger partial charge on any atom is 0.259 e. The molecule has 1 N–H and O–H groups in total. The van der Waals surface area contributed by atoms with Crippen molar-refractivity contribution in [3.05, 3.63) is 76.0 Å². The standard InChI is InChI=1S/C19H17N3O/c1-12-6-7-17-14(10-12)8-9-22(17)11-15-4-3-5-16-18(15)19(23)21-13(2)20-16/h3-10H,11H2,1-2H3,(H,20,21,23). The Bertz CT molecular complexity index is 1090. The first-order valence-corrected chi connectivity index (χ1v) is 7.66. The maximum atomic E-state index is 12.4. The van der Waals surface area contributed by atoms with Gasteiger partial charge in [-0.1, -0.05) is 23.8 Å². The van der Waals surface area contributed by atoms with Crippen LogP contribution in [-0.2, 0) is 6.54 Å². The van der Waals surface area contributed by atoms with Gasteiger partial charge in [-0.3, -0.25) is 4.79 Å². The van der Waals surface area contributed by atoms with E-state index in [0.717, 1.165) is 11.1 Å². The van der Waals surface area contributed by atoms with Gasteiger partial charge in [0.2, 0.25) is 0 Å². The van der Waals surface area contributed by atoms with Crippen LogP contribution >= 0.6 is 0 Å². The van der Waals surface area contributed by atoms with Gasteiger partial charge in [-0.05, 0) is 49.1 Å². The second kappa shape index (κ2) is 5.09. The molecule has 0 aliphatic rings. The van der Waals surface area contributed by atoms with E-state index in [1.807, 2.05) is 18.2 Å². The Morgan fingerprint density at radius 1 is 1.13 bits per heavy atom. The van der Waals surface area contributed by atoms with Crippen LogP contribution in [0.15, 0.2) is 53.5 Å². The van der Waals surface area contributed by atoms with Gasteiger partial charge in [-0.15, -0.1) is 0 Å². The minimum Gasteiger partial charge on any atom is -0.343 e. The van der Waals surface area contributed by atoms with Crippen molar-refractivity contribution in [3.8, 4) is 0 Å². The number of H-pyrrole nitrogens is 1. The fourth-order valence-electron chi connectivity index (χ4n) is 3.15. The zero-order valence-corrected chi connectivity index (χ0v) is 13.1. The molecule has 2 aromatic carbocycles. The molecule has 0 saturated heterocycles. The monoisotopic (exact) mass is 303 g/mol. The average molecular weight is 303 g/mol. The number of nitrogens with zero attached hydrogens (tertiary/aromatic N) is 2. The van der Waals surface area contributed by atoms with Crippen molar-refractivity contribution in [3.63, 3.8) is 0 Å². The van der Waals surface area contributed by atoms with Gasteiger partial charge in [0, 0.05) is 18.3 Å². The average Bonchev–Trinajstić information content (AvgIpc) is 2.89. The number of hydrogen-bond donors (Lipinski definition) is 1. The first kappa shape index (κ1) is 13.8. The third kappa shape index (κ3) is 2.32. The molecule has 4 aromatic rings. The first-order valence-electron chi connectivity index (χ1n) is 7.66. The molecule has 0 atom stereocenters. The third-order valence-electron chi connectivity index (χ3n) is 4.21. The number of aryl methyl sites for hydroxylation is 2. The van der Waals surface area contributed by atoms with Gasteiger partial charge < -0.3 is 9.55 Å². The van der Waals surface area contributed by atoms with E-state index in [0.29, 0.717) is 17.8 Å². The number of aromatic nitrogens is 3. The fraction of sp³-hybridized carbons (Fsp3) is 0.158. The molecule has 0 unspecified atom stereocenters. The lowest BCUT2D eigenvalue weighted by Gasteiger charge is -2.09. The Kier molecular flexibility index (Phi) is 3.05. The number of aromatic amines is 1. The Labute approximate surface area is 133 Å². The summed E-state index contributed by atoms with van der Waals surface area (Å²) in [5.41, 5.74) is 4.07. The van der Waals surface area contributed by atoms with Gasteiger partial charge in [-0.2, -0.15) is 0 Å². The van der Waals surface area contributed by atoms with E-state index in [1.54, 1.807) is 6.92 Å². The minimum absolute atomic E-state index is 0.0737. The zero-order valence-electron chi connectivity index (χ0n) is 13.1. The molecule has 0 aliphatic heterocycles. The molecule has 4 rings (SSSR count).